The van der Waals surface area contributed by atoms with Crippen LogP contribution in [0.2, 0.25) is 0 Å². The van der Waals surface area contributed by atoms with Gasteiger partial charge in [0.15, 0.2) is 17.3 Å². The van der Waals surface area contributed by atoms with Crippen molar-refractivity contribution in [1.82, 2.24) is 24.5 Å². The van der Waals surface area contributed by atoms with Gasteiger partial charge in [0.1, 0.15) is 5.82 Å². The van der Waals surface area contributed by atoms with Gasteiger partial charge in [-0.15, -0.1) is 0 Å². The van der Waals surface area contributed by atoms with Gasteiger partial charge in [0.2, 0.25) is 5.91 Å². The van der Waals surface area contributed by atoms with Crippen molar-refractivity contribution in [2.45, 2.75) is 26.7 Å². The van der Waals surface area contributed by atoms with Crippen molar-refractivity contribution in [1.29, 1.82) is 0 Å². The van der Waals surface area contributed by atoms with Gasteiger partial charge in [-0.25, -0.2) is 14.6 Å². The zero-order chi connectivity index (χ0) is 30.6. The number of anilines is 1. The summed E-state index contributed by atoms with van der Waals surface area (Å²) in [6, 6.07) is 15.0. The van der Waals surface area contributed by atoms with E-state index in [-0.39, 0.29) is 23.0 Å². The largest absolute Gasteiger partial charge is 0.382 e. The van der Waals surface area contributed by atoms with Gasteiger partial charge < -0.3 is 16.8 Å². The molecule has 0 aliphatic rings. The van der Waals surface area contributed by atoms with E-state index in [2.05, 4.69) is 40.5 Å². The molecule has 0 fully saturated rings. The normalized spacial score (nSPS) is 10.3. The molecule has 0 saturated heterocycles. The lowest BCUT2D eigenvalue weighted by atomic mass is 10.1. The summed E-state index contributed by atoms with van der Waals surface area (Å²) in [6.07, 6.45) is 5.73. The molecule has 2 aromatic heterocycles. The first kappa shape index (κ1) is 30.8. The van der Waals surface area contributed by atoms with Gasteiger partial charge in [-0.2, -0.15) is 5.10 Å². The minimum atomic E-state index is -0.682. The molecule has 0 spiro atoms. The molecule has 0 radical (unpaired) electrons. The van der Waals surface area contributed by atoms with Gasteiger partial charge in [-0.05, 0) is 43.3 Å². The number of aromatic nitrogens is 4. The summed E-state index contributed by atoms with van der Waals surface area (Å²) < 4.78 is 2.86. The number of para-hydroxylation sites is 1. The molecule has 4 aromatic rings. The van der Waals surface area contributed by atoms with E-state index >= 15 is 0 Å². The zero-order valence-electron chi connectivity index (χ0n) is 23.5. The van der Waals surface area contributed by atoms with Crippen molar-refractivity contribution in [3.63, 3.8) is 0 Å². The molecule has 214 valence electrons. The van der Waals surface area contributed by atoms with E-state index in [0.717, 1.165) is 5.69 Å². The fourth-order valence-corrected chi connectivity index (χ4v) is 4.02. The third-order valence-corrected chi connectivity index (χ3v) is 5.85. The topological polar surface area (TPSA) is 163 Å². The molecule has 2 amide bonds. The number of imidazole rings is 1. The third kappa shape index (κ3) is 7.05. The van der Waals surface area contributed by atoms with Crippen LogP contribution < -0.4 is 22.3 Å². The molecular formula is C31H32N8O3. The number of carbonyl (C=O) groups is 2. The third-order valence-electron chi connectivity index (χ3n) is 5.85. The fourth-order valence-electron chi connectivity index (χ4n) is 4.02. The van der Waals surface area contributed by atoms with Gasteiger partial charge in [0.25, 0.3) is 11.5 Å². The highest BCUT2D eigenvalue weighted by Crippen LogP contribution is 2.17. The van der Waals surface area contributed by atoms with Crippen molar-refractivity contribution in [3.05, 3.63) is 101 Å². The Balaban J connectivity index is 0.000000291. The van der Waals surface area contributed by atoms with Crippen molar-refractivity contribution >= 4 is 41.3 Å². The average Bonchev–Trinajstić information content (AvgIpc) is 3.32. The number of nitrogens with one attached hydrogen (secondary N) is 1. The summed E-state index contributed by atoms with van der Waals surface area (Å²) in [5.41, 5.74) is 12.6. The van der Waals surface area contributed by atoms with Crippen LogP contribution in [0.5, 0.6) is 0 Å². The zero-order valence-corrected chi connectivity index (χ0v) is 23.5. The van der Waals surface area contributed by atoms with Crippen LogP contribution >= 0.6 is 0 Å². The van der Waals surface area contributed by atoms with Crippen LogP contribution in [0.15, 0.2) is 77.2 Å². The standard InChI is InChI=1S/C23H21N3O2.C8H11N5O/c1-3-20-25-19-15-10-12-17(11-8-9-16-24-21(27)4-2)22(19)23(28)26(20)18-13-6-5-7-14-18;1-3-4-5-12-7(9)6(8(10)14)13(5)11-2/h4-7,10,12-15H,2-3,9,16H2,1H3,(H,24,27);3-4H,2,9H2,1H3,(H2,10,14)/b;4-3-. The Labute approximate surface area is 243 Å². The maximum absolute atomic E-state index is 13.3. The second-order valence-electron chi connectivity index (χ2n) is 8.63. The first-order chi connectivity index (χ1) is 20.3. The van der Waals surface area contributed by atoms with E-state index < -0.39 is 5.91 Å². The van der Waals surface area contributed by atoms with Crippen LogP contribution in [0.3, 0.4) is 0 Å². The molecule has 42 heavy (non-hydrogen) atoms. The predicted octanol–water partition coefficient (Wildman–Crippen LogP) is 3.05. The summed E-state index contributed by atoms with van der Waals surface area (Å²) in [7, 11) is 0. The van der Waals surface area contributed by atoms with Crippen molar-refractivity contribution in [2.75, 3.05) is 12.3 Å². The lowest BCUT2D eigenvalue weighted by molar-refractivity contribution is -0.116. The monoisotopic (exact) mass is 564 g/mol. The SMILES string of the molecule is C=CC(=O)NCCC#Cc1cccc2nc(CC)n(-c3ccccc3)c(=O)c12.C=Nn1c(/C=C\C)nc(N)c1C(N)=O. The summed E-state index contributed by atoms with van der Waals surface area (Å²) in [4.78, 5) is 44.1. The molecule has 0 atom stereocenters. The van der Waals surface area contributed by atoms with Crippen molar-refractivity contribution in [3.8, 4) is 17.5 Å². The number of primary amides is 1. The number of nitrogen functional groups attached to an aromatic ring is 1. The van der Waals surface area contributed by atoms with Gasteiger partial charge in [0.05, 0.1) is 16.6 Å². The average molecular weight is 565 g/mol. The smallest absolute Gasteiger partial charge is 0.271 e. The summed E-state index contributed by atoms with van der Waals surface area (Å²) in [5, 5.41) is 6.78. The van der Waals surface area contributed by atoms with Crippen LogP contribution in [-0.2, 0) is 11.2 Å². The Hall–Kier alpha value is -5.76. The number of nitrogens with two attached hydrogens (primary N) is 2. The number of amides is 2. The Morgan fingerprint density at radius 3 is 2.50 bits per heavy atom. The highest BCUT2D eigenvalue weighted by atomic mass is 16.2. The summed E-state index contributed by atoms with van der Waals surface area (Å²) in [5.74, 6) is 6.35. The summed E-state index contributed by atoms with van der Waals surface area (Å²) >= 11 is 0. The molecule has 4 rings (SSSR count). The number of carbonyl (C=O) groups excluding carboxylic acids is 2. The molecule has 0 aliphatic heterocycles. The van der Waals surface area contributed by atoms with Gasteiger partial charge in [0, 0.05) is 31.7 Å². The number of nitrogens with zero attached hydrogens (tertiary/aromatic N) is 5. The lowest BCUT2D eigenvalue weighted by Crippen LogP contribution is -2.24. The number of rotatable bonds is 8. The minimum absolute atomic E-state index is 0.0492. The fraction of sp³-hybridized carbons (Fsp3) is 0.161. The molecule has 0 aliphatic carbocycles. The number of aryl methyl sites for hydroxylation is 1. The van der Waals surface area contributed by atoms with Gasteiger partial charge in [-0.1, -0.05) is 55.7 Å². The van der Waals surface area contributed by atoms with E-state index in [4.69, 9.17) is 16.5 Å². The maximum Gasteiger partial charge on any atom is 0.271 e. The Kier molecular flexibility index (Phi) is 10.7. The van der Waals surface area contributed by atoms with Crippen LogP contribution in [0.25, 0.3) is 22.7 Å². The molecule has 0 unspecified atom stereocenters. The van der Waals surface area contributed by atoms with E-state index in [1.165, 1.54) is 10.8 Å². The Morgan fingerprint density at radius 1 is 1.14 bits per heavy atom. The van der Waals surface area contributed by atoms with Crippen molar-refractivity contribution in [2.24, 2.45) is 10.8 Å². The molecule has 2 aromatic carbocycles. The first-order valence-corrected chi connectivity index (χ1v) is 13.0. The molecule has 0 saturated carbocycles. The highest BCUT2D eigenvalue weighted by Gasteiger charge is 2.17. The molecule has 11 nitrogen and oxygen atoms in total. The van der Waals surface area contributed by atoms with Crippen LogP contribution in [0.4, 0.5) is 5.82 Å². The van der Waals surface area contributed by atoms with Crippen LogP contribution in [0.1, 0.15) is 48.0 Å². The Bertz CT molecular complexity index is 1770. The maximum atomic E-state index is 13.3. The number of hydrogen-bond donors (Lipinski definition) is 3. The number of fused-ring (bicyclic) bond motifs is 1. The van der Waals surface area contributed by atoms with E-state index in [1.807, 2.05) is 62.4 Å². The van der Waals surface area contributed by atoms with Crippen molar-refractivity contribution < 1.29 is 9.59 Å². The number of benzene rings is 2. The Morgan fingerprint density at radius 2 is 1.88 bits per heavy atom. The second kappa shape index (κ2) is 14.6. The van der Waals surface area contributed by atoms with E-state index in [1.54, 1.807) is 16.7 Å². The summed E-state index contributed by atoms with van der Waals surface area (Å²) in [6.45, 7) is 10.9. The number of allylic oxidation sites excluding steroid dienone is 1. The minimum Gasteiger partial charge on any atom is -0.382 e. The van der Waals surface area contributed by atoms with Crippen LogP contribution in [0, 0.1) is 11.8 Å². The highest BCUT2D eigenvalue weighted by molar-refractivity contribution is 5.96. The van der Waals surface area contributed by atoms with Crippen LogP contribution in [-0.4, -0.2) is 44.3 Å². The lowest BCUT2D eigenvalue weighted by Gasteiger charge is -2.13. The molecule has 5 N–H and O–H groups in total. The first-order valence-electron chi connectivity index (χ1n) is 13.0. The van der Waals surface area contributed by atoms with Gasteiger partial charge in [-0.3, -0.25) is 19.0 Å². The molecule has 11 heteroatoms. The van der Waals surface area contributed by atoms with Gasteiger partial charge >= 0.3 is 0 Å². The molecular weight excluding hydrogens is 532 g/mol. The van der Waals surface area contributed by atoms with E-state index in [9.17, 15) is 14.4 Å². The number of hydrogen-bond acceptors (Lipinski definition) is 7. The predicted molar refractivity (Wildman–Crippen MR) is 166 cm³/mol. The second-order valence-corrected chi connectivity index (χ2v) is 8.63. The quantitative estimate of drug-likeness (QED) is 0.129. The molecule has 0 bridgehead atoms. The van der Waals surface area contributed by atoms with E-state index in [0.29, 0.717) is 47.5 Å². The molecule has 2 heterocycles.